The number of amides is 1. The summed E-state index contributed by atoms with van der Waals surface area (Å²) in [4.78, 5) is 26.9. The molecular formula is C20H20BrNO4. The maximum Gasteiger partial charge on any atom is 0.264 e. The molecule has 6 heteroatoms. The first-order chi connectivity index (χ1) is 12.5. The molecule has 3 rings (SSSR count). The highest BCUT2D eigenvalue weighted by Crippen LogP contribution is 2.43. The molecular weight excluding hydrogens is 398 g/mol. The third-order valence-corrected chi connectivity index (χ3v) is 4.93. The first kappa shape index (κ1) is 18.6. The highest BCUT2D eigenvalue weighted by molar-refractivity contribution is 9.10. The Morgan fingerprint density at radius 3 is 2.88 bits per heavy atom. The van der Waals surface area contributed by atoms with Crippen LogP contribution in [-0.2, 0) is 15.2 Å². The van der Waals surface area contributed by atoms with E-state index in [1.807, 2.05) is 13.0 Å². The second kappa shape index (κ2) is 7.60. The minimum absolute atomic E-state index is 0.310. The van der Waals surface area contributed by atoms with E-state index in [2.05, 4.69) is 15.9 Å². The van der Waals surface area contributed by atoms with E-state index in [-0.39, 0.29) is 12.2 Å². The van der Waals surface area contributed by atoms with Gasteiger partial charge in [-0.25, -0.2) is 0 Å². The van der Waals surface area contributed by atoms with E-state index >= 15 is 0 Å². The van der Waals surface area contributed by atoms with Crippen molar-refractivity contribution in [2.24, 2.45) is 0 Å². The maximum atomic E-state index is 12.9. The first-order valence-electron chi connectivity index (χ1n) is 8.54. The Bertz CT molecular complexity index is 844. The molecule has 1 aromatic heterocycles. The predicted molar refractivity (Wildman–Crippen MR) is 103 cm³/mol. The first-order valence-corrected chi connectivity index (χ1v) is 9.34. The summed E-state index contributed by atoms with van der Waals surface area (Å²) in [7, 11) is 0. The Hall–Kier alpha value is -2.18. The number of hydrogen-bond donors (Lipinski definition) is 1. The Morgan fingerprint density at radius 2 is 2.19 bits per heavy atom. The average molecular weight is 418 g/mol. The summed E-state index contributed by atoms with van der Waals surface area (Å²) in [6.07, 6.45) is 5.81. The van der Waals surface area contributed by atoms with Crippen LogP contribution in [0.3, 0.4) is 0 Å². The molecule has 1 aromatic carbocycles. The van der Waals surface area contributed by atoms with Crippen LogP contribution in [0.25, 0.3) is 6.08 Å². The number of unbranched alkanes of at least 4 members (excludes halogenated alkanes) is 1. The Morgan fingerprint density at radius 1 is 1.38 bits per heavy atom. The van der Waals surface area contributed by atoms with Crippen LogP contribution in [0, 0.1) is 0 Å². The van der Waals surface area contributed by atoms with E-state index < -0.39 is 11.5 Å². The van der Waals surface area contributed by atoms with Gasteiger partial charge in [-0.2, -0.15) is 0 Å². The number of rotatable bonds is 7. The lowest BCUT2D eigenvalue weighted by molar-refractivity contribution is -0.140. The number of carbonyl (C=O) groups excluding carboxylic acids is 2. The van der Waals surface area contributed by atoms with Crippen LogP contribution in [0.15, 0.2) is 51.6 Å². The van der Waals surface area contributed by atoms with E-state index in [1.165, 1.54) is 18.4 Å². The molecule has 0 bridgehead atoms. The topological polar surface area (TPSA) is 70.8 Å². The molecule has 136 valence electrons. The van der Waals surface area contributed by atoms with Gasteiger partial charge < -0.3 is 14.4 Å². The second-order valence-electron chi connectivity index (χ2n) is 6.32. The lowest BCUT2D eigenvalue weighted by Crippen LogP contribution is -2.42. The van der Waals surface area contributed by atoms with Crippen molar-refractivity contribution in [3.05, 3.63) is 58.5 Å². The van der Waals surface area contributed by atoms with Crippen LogP contribution in [0.2, 0.25) is 0 Å². The second-order valence-corrected chi connectivity index (χ2v) is 7.24. The van der Waals surface area contributed by atoms with Gasteiger partial charge in [0.2, 0.25) is 0 Å². The number of allylic oxidation sites excluding steroid dienone is 1. The van der Waals surface area contributed by atoms with Crippen molar-refractivity contribution in [1.29, 1.82) is 0 Å². The summed E-state index contributed by atoms with van der Waals surface area (Å²) in [5, 5.41) is 11.1. The number of carbonyl (C=O) groups is 2. The zero-order valence-corrected chi connectivity index (χ0v) is 16.0. The van der Waals surface area contributed by atoms with Gasteiger partial charge >= 0.3 is 0 Å². The molecule has 1 amide bonds. The van der Waals surface area contributed by atoms with Crippen LogP contribution in [-0.4, -0.2) is 23.3 Å². The van der Waals surface area contributed by atoms with Crippen LogP contribution in [0.1, 0.15) is 37.5 Å². The summed E-state index contributed by atoms with van der Waals surface area (Å²) in [5.74, 6) is -0.255. The van der Waals surface area contributed by atoms with Crippen molar-refractivity contribution in [2.75, 3.05) is 11.4 Å². The molecule has 0 aliphatic carbocycles. The zero-order chi connectivity index (χ0) is 18.7. The molecule has 2 heterocycles. The Kier molecular flexibility index (Phi) is 5.44. The minimum Gasteiger partial charge on any atom is -0.465 e. The number of fused-ring (bicyclic) bond motifs is 1. The molecule has 1 N–H and O–H groups in total. The van der Waals surface area contributed by atoms with Gasteiger partial charge in [0.05, 0.1) is 18.4 Å². The molecule has 5 nitrogen and oxygen atoms in total. The van der Waals surface area contributed by atoms with E-state index in [4.69, 9.17) is 4.42 Å². The molecule has 0 saturated carbocycles. The Balaban J connectivity index is 1.88. The van der Waals surface area contributed by atoms with E-state index in [0.717, 1.165) is 17.3 Å². The highest BCUT2D eigenvalue weighted by atomic mass is 79.9. The van der Waals surface area contributed by atoms with Gasteiger partial charge in [-0.3, -0.25) is 9.59 Å². The molecule has 1 aliphatic heterocycles. The molecule has 0 unspecified atom stereocenters. The van der Waals surface area contributed by atoms with Crippen molar-refractivity contribution >= 4 is 39.4 Å². The van der Waals surface area contributed by atoms with E-state index in [0.29, 0.717) is 23.6 Å². The number of furan rings is 1. The third-order valence-electron chi connectivity index (χ3n) is 4.44. The number of halogens is 1. The van der Waals surface area contributed by atoms with Gasteiger partial charge in [0.1, 0.15) is 5.76 Å². The number of ketones is 1. The average Bonchev–Trinajstić information content (AvgIpc) is 3.20. The van der Waals surface area contributed by atoms with Gasteiger partial charge in [-0.15, -0.1) is 0 Å². The fourth-order valence-electron chi connectivity index (χ4n) is 3.10. The molecule has 0 spiro atoms. The summed E-state index contributed by atoms with van der Waals surface area (Å²) in [6.45, 7) is 2.56. The highest BCUT2D eigenvalue weighted by Gasteiger charge is 2.50. The summed E-state index contributed by atoms with van der Waals surface area (Å²) < 4.78 is 5.90. The quantitative estimate of drug-likeness (QED) is 0.689. The monoisotopic (exact) mass is 417 g/mol. The Labute approximate surface area is 160 Å². The summed E-state index contributed by atoms with van der Waals surface area (Å²) >= 11 is 3.38. The van der Waals surface area contributed by atoms with Gasteiger partial charge in [0.25, 0.3) is 5.91 Å². The van der Waals surface area contributed by atoms with Crippen molar-refractivity contribution in [3.63, 3.8) is 0 Å². The summed E-state index contributed by atoms with van der Waals surface area (Å²) in [6, 6.07) is 8.78. The SMILES string of the molecule is CCCCN1C(=O)[C@](O)(CC(=O)/C=C/c2ccco2)c2cc(Br)ccc21. The number of anilines is 1. The predicted octanol–water partition coefficient (Wildman–Crippen LogP) is 4.05. The zero-order valence-electron chi connectivity index (χ0n) is 14.4. The van der Waals surface area contributed by atoms with Crippen molar-refractivity contribution < 1.29 is 19.1 Å². The fraction of sp³-hybridized carbons (Fsp3) is 0.300. The number of benzene rings is 1. The normalized spacial score (nSPS) is 19.3. The van der Waals surface area contributed by atoms with Gasteiger partial charge in [0.15, 0.2) is 11.4 Å². The van der Waals surface area contributed by atoms with Crippen LogP contribution >= 0.6 is 15.9 Å². The largest absolute Gasteiger partial charge is 0.465 e. The molecule has 2 aromatic rings. The number of aliphatic hydroxyl groups is 1. The lowest BCUT2D eigenvalue weighted by atomic mass is 9.90. The van der Waals surface area contributed by atoms with Gasteiger partial charge in [0, 0.05) is 16.6 Å². The number of hydrogen-bond acceptors (Lipinski definition) is 4. The van der Waals surface area contributed by atoms with Crippen LogP contribution in [0.5, 0.6) is 0 Å². The van der Waals surface area contributed by atoms with Crippen molar-refractivity contribution in [1.82, 2.24) is 0 Å². The molecule has 1 atom stereocenters. The van der Waals surface area contributed by atoms with Crippen LogP contribution < -0.4 is 4.90 Å². The van der Waals surface area contributed by atoms with Crippen LogP contribution in [0.4, 0.5) is 5.69 Å². The van der Waals surface area contributed by atoms with Gasteiger partial charge in [-0.05, 0) is 48.9 Å². The molecule has 1 aliphatic rings. The van der Waals surface area contributed by atoms with E-state index in [9.17, 15) is 14.7 Å². The summed E-state index contributed by atoms with van der Waals surface area (Å²) in [5.41, 5.74) is -0.720. The molecule has 26 heavy (non-hydrogen) atoms. The number of nitrogens with zero attached hydrogens (tertiary/aromatic N) is 1. The lowest BCUT2D eigenvalue weighted by Gasteiger charge is -2.22. The molecule has 0 saturated heterocycles. The fourth-order valence-corrected chi connectivity index (χ4v) is 3.47. The standard InChI is InChI=1S/C20H20BrNO4/c1-2-3-10-22-18-9-6-14(21)12-17(18)20(25,19(22)24)13-15(23)7-8-16-5-4-11-26-16/h4-9,11-12,25H,2-3,10,13H2,1H3/b8-7+/t20-/m0/s1. The molecule has 0 fully saturated rings. The third kappa shape index (κ3) is 3.52. The van der Waals surface area contributed by atoms with Gasteiger partial charge in [-0.1, -0.05) is 29.3 Å². The van der Waals surface area contributed by atoms with Crippen molar-refractivity contribution in [2.45, 2.75) is 31.8 Å². The minimum atomic E-state index is -1.85. The molecule has 0 radical (unpaired) electrons. The maximum absolute atomic E-state index is 12.9. The van der Waals surface area contributed by atoms with Crippen molar-refractivity contribution in [3.8, 4) is 0 Å². The smallest absolute Gasteiger partial charge is 0.264 e. The van der Waals surface area contributed by atoms with E-state index in [1.54, 1.807) is 29.2 Å².